The van der Waals surface area contributed by atoms with Crippen molar-refractivity contribution in [2.45, 2.75) is 25.9 Å². The Balaban J connectivity index is 2.47. The zero-order valence-corrected chi connectivity index (χ0v) is 8.95. The van der Waals surface area contributed by atoms with Gasteiger partial charge in [0.25, 0.3) is 0 Å². The number of aliphatic hydroxyl groups is 1. The van der Waals surface area contributed by atoms with Gasteiger partial charge in [-0.25, -0.2) is 0 Å². The molecule has 0 aliphatic rings. The molecule has 1 aromatic heterocycles. The number of rotatable bonds is 3. The summed E-state index contributed by atoms with van der Waals surface area (Å²) in [6.07, 6.45) is 0.989. The summed E-state index contributed by atoms with van der Waals surface area (Å²) in [5.74, 6) is 5.71. The summed E-state index contributed by atoms with van der Waals surface area (Å²) in [5, 5.41) is 9.64. The van der Waals surface area contributed by atoms with Gasteiger partial charge in [0, 0.05) is 11.3 Å². The van der Waals surface area contributed by atoms with Gasteiger partial charge in [-0.15, -0.1) is 23.2 Å². The van der Waals surface area contributed by atoms with Gasteiger partial charge in [0.05, 0.1) is 10.4 Å². The van der Waals surface area contributed by atoms with Crippen molar-refractivity contribution in [3.63, 3.8) is 0 Å². The summed E-state index contributed by atoms with van der Waals surface area (Å²) in [6, 6.07) is 3.66. The standard InChI is InChI=1S/C10H11ClOS/c1-2-3-4-5-8(12)9-6-7-10(11)13-9/h6-8,12H,4-5H2,1H3. The number of hydrogen-bond donors (Lipinski definition) is 1. The second kappa shape index (κ2) is 5.29. The highest BCUT2D eigenvalue weighted by Gasteiger charge is 2.08. The maximum atomic E-state index is 9.64. The van der Waals surface area contributed by atoms with Crippen LogP contribution in [-0.4, -0.2) is 5.11 Å². The van der Waals surface area contributed by atoms with E-state index >= 15 is 0 Å². The Hall–Kier alpha value is -0.490. The van der Waals surface area contributed by atoms with Gasteiger partial charge in [0.1, 0.15) is 0 Å². The fraction of sp³-hybridized carbons (Fsp3) is 0.400. The molecule has 1 N–H and O–H groups in total. The average Bonchev–Trinajstić information content (AvgIpc) is 2.52. The minimum atomic E-state index is -0.418. The normalized spacial score (nSPS) is 11.9. The number of hydrogen-bond acceptors (Lipinski definition) is 2. The van der Waals surface area contributed by atoms with E-state index < -0.39 is 6.10 Å². The van der Waals surface area contributed by atoms with Crippen LogP contribution in [0.1, 0.15) is 30.7 Å². The highest BCUT2D eigenvalue weighted by atomic mass is 35.5. The van der Waals surface area contributed by atoms with Crippen LogP contribution in [0.3, 0.4) is 0 Å². The van der Waals surface area contributed by atoms with E-state index in [2.05, 4.69) is 11.8 Å². The third kappa shape index (κ3) is 3.40. The molecule has 1 aromatic rings. The molecular formula is C10H11ClOS. The van der Waals surface area contributed by atoms with Crippen LogP contribution in [0.4, 0.5) is 0 Å². The molecule has 1 atom stereocenters. The SMILES string of the molecule is CC#CCCC(O)c1ccc(Cl)s1. The van der Waals surface area contributed by atoms with Gasteiger partial charge in [-0.3, -0.25) is 0 Å². The van der Waals surface area contributed by atoms with Crippen molar-refractivity contribution in [1.29, 1.82) is 0 Å². The Labute approximate surface area is 87.4 Å². The summed E-state index contributed by atoms with van der Waals surface area (Å²) < 4.78 is 0.718. The van der Waals surface area contributed by atoms with Crippen molar-refractivity contribution in [1.82, 2.24) is 0 Å². The Morgan fingerprint density at radius 1 is 1.62 bits per heavy atom. The highest BCUT2D eigenvalue weighted by molar-refractivity contribution is 7.16. The molecule has 0 radical (unpaired) electrons. The molecule has 0 bridgehead atoms. The first kappa shape index (κ1) is 10.6. The Kier molecular flexibility index (Phi) is 4.31. The Morgan fingerprint density at radius 2 is 2.38 bits per heavy atom. The molecule has 0 saturated heterocycles. The number of aliphatic hydroxyl groups excluding tert-OH is 1. The van der Waals surface area contributed by atoms with Crippen LogP contribution in [0, 0.1) is 11.8 Å². The molecule has 1 unspecified atom stereocenters. The van der Waals surface area contributed by atoms with E-state index in [0.29, 0.717) is 6.42 Å². The zero-order valence-electron chi connectivity index (χ0n) is 7.38. The van der Waals surface area contributed by atoms with Crippen LogP contribution in [-0.2, 0) is 0 Å². The van der Waals surface area contributed by atoms with Gasteiger partial charge in [0.2, 0.25) is 0 Å². The van der Waals surface area contributed by atoms with E-state index in [1.54, 1.807) is 13.0 Å². The molecule has 1 nitrogen and oxygen atoms in total. The lowest BCUT2D eigenvalue weighted by Gasteiger charge is -2.04. The van der Waals surface area contributed by atoms with Crippen LogP contribution in [0.15, 0.2) is 12.1 Å². The van der Waals surface area contributed by atoms with Gasteiger partial charge >= 0.3 is 0 Å². The van der Waals surface area contributed by atoms with E-state index in [9.17, 15) is 5.11 Å². The minimum absolute atomic E-state index is 0.418. The topological polar surface area (TPSA) is 20.2 Å². The zero-order chi connectivity index (χ0) is 9.68. The maximum Gasteiger partial charge on any atom is 0.0932 e. The first-order valence-electron chi connectivity index (χ1n) is 4.07. The largest absolute Gasteiger partial charge is 0.388 e. The maximum absolute atomic E-state index is 9.64. The van der Waals surface area contributed by atoms with Crippen molar-refractivity contribution in [2.75, 3.05) is 0 Å². The van der Waals surface area contributed by atoms with Gasteiger partial charge in [-0.1, -0.05) is 11.6 Å². The van der Waals surface area contributed by atoms with Crippen LogP contribution >= 0.6 is 22.9 Å². The first-order chi connectivity index (χ1) is 6.24. The Bertz CT molecular complexity index is 321. The lowest BCUT2D eigenvalue weighted by atomic mass is 10.2. The number of halogens is 1. The summed E-state index contributed by atoms with van der Waals surface area (Å²) in [6.45, 7) is 1.80. The Morgan fingerprint density at radius 3 is 2.92 bits per heavy atom. The molecule has 0 spiro atoms. The summed E-state index contributed by atoms with van der Waals surface area (Å²) in [7, 11) is 0. The molecule has 70 valence electrons. The molecule has 0 amide bonds. The van der Waals surface area contributed by atoms with Crippen LogP contribution in [0.2, 0.25) is 4.34 Å². The predicted molar refractivity (Wildman–Crippen MR) is 57.0 cm³/mol. The average molecular weight is 215 g/mol. The molecular weight excluding hydrogens is 204 g/mol. The van der Waals surface area contributed by atoms with Gasteiger partial charge < -0.3 is 5.11 Å². The van der Waals surface area contributed by atoms with E-state index in [4.69, 9.17) is 11.6 Å². The summed E-state index contributed by atoms with van der Waals surface area (Å²) in [4.78, 5) is 0.919. The quantitative estimate of drug-likeness (QED) is 0.766. The summed E-state index contributed by atoms with van der Waals surface area (Å²) >= 11 is 7.17. The molecule has 0 aromatic carbocycles. The van der Waals surface area contributed by atoms with Crippen LogP contribution in [0.25, 0.3) is 0 Å². The fourth-order valence-electron chi connectivity index (χ4n) is 0.984. The fourth-order valence-corrected chi connectivity index (χ4v) is 2.06. The van der Waals surface area contributed by atoms with Crippen LogP contribution in [0.5, 0.6) is 0 Å². The second-order valence-electron chi connectivity index (χ2n) is 2.62. The smallest absolute Gasteiger partial charge is 0.0932 e. The van der Waals surface area contributed by atoms with Gasteiger partial charge in [-0.05, 0) is 25.5 Å². The van der Waals surface area contributed by atoms with Crippen molar-refractivity contribution in [3.05, 3.63) is 21.3 Å². The molecule has 1 rings (SSSR count). The minimum Gasteiger partial charge on any atom is -0.388 e. The van der Waals surface area contributed by atoms with E-state index in [1.165, 1.54) is 11.3 Å². The lowest BCUT2D eigenvalue weighted by molar-refractivity contribution is 0.173. The second-order valence-corrected chi connectivity index (χ2v) is 4.37. The molecule has 13 heavy (non-hydrogen) atoms. The van der Waals surface area contributed by atoms with E-state index in [1.807, 2.05) is 6.07 Å². The third-order valence-corrected chi connectivity index (χ3v) is 2.97. The van der Waals surface area contributed by atoms with E-state index in [-0.39, 0.29) is 0 Å². The highest BCUT2D eigenvalue weighted by Crippen LogP contribution is 2.28. The predicted octanol–water partition coefficient (Wildman–Crippen LogP) is 3.24. The molecule has 1 heterocycles. The van der Waals surface area contributed by atoms with Crippen molar-refractivity contribution in [3.8, 4) is 11.8 Å². The van der Waals surface area contributed by atoms with Crippen molar-refractivity contribution >= 4 is 22.9 Å². The third-order valence-electron chi connectivity index (χ3n) is 1.64. The lowest BCUT2D eigenvalue weighted by Crippen LogP contribution is -1.92. The van der Waals surface area contributed by atoms with Crippen LogP contribution < -0.4 is 0 Å². The molecule has 0 aliphatic heterocycles. The molecule has 0 saturated carbocycles. The number of thiophene rings is 1. The summed E-state index contributed by atoms with van der Waals surface area (Å²) in [5.41, 5.74) is 0. The van der Waals surface area contributed by atoms with Crippen molar-refractivity contribution in [2.24, 2.45) is 0 Å². The first-order valence-corrected chi connectivity index (χ1v) is 5.26. The molecule has 0 aliphatic carbocycles. The monoisotopic (exact) mass is 214 g/mol. The molecule has 0 fully saturated rings. The van der Waals surface area contributed by atoms with Gasteiger partial charge in [-0.2, -0.15) is 0 Å². The van der Waals surface area contributed by atoms with Gasteiger partial charge in [0.15, 0.2) is 0 Å². The van der Waals surface area contributed by atoms with E-state index in [0.717, 1.165) is 15.6 Å². The molecule has 3 heteroatoms. The van der Waals surface area contributed by atoms with Crippen molar-refractivity contribution < 1.29 is 5.11 Å².